The van der Waals surface area contributed by atoms with Crippen molar-refractivity contribution >= 4 is 11.6 Å². The maximum Gasteiger partial charge on any atom is 0.0888 e. The van der Waals surface area contributed by atoms with Crippen LogP contribution in [0.1, 0.15) is 19.4 Å². The highest BCUT2D eigenvalue weighted by Gasteiger charge is 2.07. The van der Waals surface area contributed by atoms with Crippen molar-refractivity contribution in [3.05, 3.63) is 47.4 Å². The van der Waals surface area contributed by atoms with E-state index in [1.165, 1.54) is 0 Å². The lowest BCUT2D eigenvalue weighted by Gasteiger charge is -2.12. The summed E-state index contributed by atoms with van der Waals surface area (Å²) in [7, 11) is 0. The third kappa shape index (κ3) is 3.28. The number of aromatic nitrogens is 2. The fraction of sp³-hybridized carbons (Fsp3) is 0.286. The third-order valence-electron chi connectivity index (χ3n) is 2.61. The summed E-state index contributed by atoms with van der Waals surface area (Å²) in [6.45, 7) is 5.00. The second-order valence-corrected chi connectivity index (χ2v) is 4.86. The van der Waals surface area contributed by atoms with Crippen LogP contribution in [0.4, 0.5) is 0 Å². The van der Waals surface area contributed by atoms with Crippen LogP contribution in [0, 0.1) is 0 Å². The van der Waals surface area contributed by atoms with Gasteiger partial charge in [-0.3, -0.25) is 9.97 Å². The van der Waals surface area contributed by atoms with E-state index in [-0.39, 0.29) is 0 Å². The normalized spacial score (nSPS) is 10.9. The number of nitrogens with one attached hydrogen (secondary N) is 1. The van der Waals surface area contributed by atoms with Crippen LogP contribution in [-0.4, -0.2) is 16.0 Å². The third-order valence-corrected chi connectivity index (χ3v) is 2.84. The van der Waals surface area contributed by atoms with E-state index in [9.17, 15) is 0 Å². The maximum absolute atomic E-state index is 6.06. The fourth-order valence-corrected chi connectivity index (χ4v) is 1.91. The molecule has 18 heavy (non-hydrogen) atoms. The van der Waals surface area contributed by atoms with Gasteiger partial charge in [-0.2, -0.15) is 0 Å². The van der Waals surface area contributed by atoms with Crippen LogP contribution in [0.5, 0.6) is 0 Å². The molecule has 0 bridgehead atoms. The Labute approximate surface area is 112 Å². The first-order valence-corrected chi connectivity index (χ1v) is 6.33. The van der Waals surface area contributed by atoms with Crippen LogP contribution in [-0.2, 0) is 6.54 Å². The van der Waals surface area contributed by atoms with E-state index < -0.39 is 0 Å². The molecule has 0 spiro atoms. The summed E-state index contributed by atoms with van der Waals surface area (Å²) in [5.74, 6) is 0. The summed E-state index contributed by atoms with van der Waals surface area (Å²) in [5, 5.41) is 4.13. The Hall–Kier alpha value is -1.45. The molecule has 0 aliphatic rings. The molecule has 0 atom stereocenters. The maximum atomic E-state index is 6.06. The Morgan fingerprint density at radius 2 is 2.11 bits per heavy atom. The molecule has 94 valence electrons. The molecular weight excluding hydrogens is 246 g/mol. The van der Waals surface area contributed by atoms with E-state index in [4.69, 9.17) is 11.6 Å². The highest BCUT2D eigenvalue weighted by molar-refractivity contribution is 6.30. The second kappa shape index (κ2) is 5.94. The van der Waals surface area contributed by atoms with E-state index in [1.54, 1.807) is 18.6 Å². The lowest BCUT2D eigenvalue weighted by molar-refractivity contribution is 0.589. The van der Waals surface area contributed by atoms with Gasteiger partial charge in [0.25, 0.3) is 0 Å². The summed E-state index contributed by atoms with van der Waals surface area (Å²) in [5.41, 5.74) is 3.08. The number of halogens is 1. The Morgan fingerprint density at radius 3 is 2.78 bits per heavy atom. The van der Waals surface area contributed by atoms with Crippen molar-refractivity contribution in [2.45, 2.75) is 26.4 Å². The van der Waals surface area contributed by atoms with Crippen LogP contribution in [0.25, 0.3) is 11.3 Å². The number of benzene rings is 1. The molecule has 0 radical (unpaired) electrons. The minimum atomic E-state index is 0.429. The molecule has 0 fully saturated rings. The van der Waals surface area contributed by atoms with Gasteiger partial charge >= 0.3 is 0 Å². The molecule has 2 aromatic rings. The Kier molecular flexibility index (Phi) is 4.28. The molecule has 4 heteroatoms. The largest absolute Gasteiger partial charge is 0.310 e. The SMILES string of the molecule is CC(C)NCc1cc(Cl)ccc1-c1cnccn1. The number of nitrogens with zero attached hydrogens (tertiary/aromatic N) is 2. The average Bonchev–Trinajstić information content (AvgIpc) is 2.37. The zero-order valence-corrected chi connectivity index (χ0v) is 11.3. The molecule has 0 saturated carbocycles. The van der Waals surface area contributed by atoms with E-state index in [0.29, 0.717) is 6.04 Å². The van der Waals surface area contributed by atoms with Crippen LogP contribution in [0.2, 0.25) is 5.02 Å². The topological polar surface area (TPSA) is 37.8 Å². The summed E-state index contributed by atoms with van der Waals surface area (Å²) in [4.78, 5) is 8.44. The molecule has 1 aromatic carbocycles. The first-order valence-electron chi connectivity index (χ1n) is 5.95. The first kappa shape index (κ1) is 13.0. The highest BCUT2D eigenvalue weighted by Crippen LogP contribution is 2.24. The quantitative estimate of drug-likeness (QED) is 0.918. The van der Waals surface area contributed by atoms with Gasteiger partial charge in [0.2, 0.25) is 0 Å². The van der Waals surface area contributed by atoms with Crippen LogP contribution in [0.3, 0.4) is 0 Å². The van der Waals surface area contributed by atoms with Gasteiger partial charge in [0.15, 0.2) is 0 Å². The molecule has 0 amide bonds. The molecule has 3 nitrogen and oxygen atoms in total. The number of hydrogen-bond donors (Lipinski definition) is 1. The van der Waals surface area contributed by atoms with Gasteiger partial charge in [-0.1, -0.05) is 31.5 Å². The summed E-state index contributed by atoms with van der Waals surface area (Å²) >= 11 is 6.06. The predicted molar refractivity (Wildman–Crippen MR) is 74.5 cm³/mol. The van der Waals surface area contributed by atoms with Crippen molar-refractivity contribution in [3.8, 4) is 11.3 Å². The number of rotatable bonds is 4. The monoisotopic (exact) mass is 261 g/mol. The zero-order valence-electron chi connectivity index (χ0n) is 10.5. The van der Waals surface area contributed by atoms with Gasteiger partial charge in [-0.05, 0) is 17.7 Å². The van der Waals surface area contributed by atoms with Crippen molar-refractivity contribution < 1.29 is 0 Å². The van der Waals surface area contributed by atoms with Crippen LogP contribution >= 0.6 is 11.6 Å². The predicted octanol–water partition coefficient (Wildman–Crippen LogP) is 3.30. The number of hydrogen-bond acceptors (Lipinski definition) is 3. The van der Waals surface area contributed by atoms with Gasteiger partial charge in [0.05, 0.1) is 11.9 Å². The summed E-state index contributed by atoms with van der Waals surface area (Å²) < 4.78 is 0. The molecule has 0 aliphatic carbocycles. The Bertz CT molecular complexity index is 512. The molecule has 0 saturated heterocycles. The average molecular weight is 262 g/mol. The van der Waals surface area contributed by atoms with Gasteiger partial charge in [0, 0.05) is 35.6 Å². The molecule has 0 unspecified atom stereocenters. The second-order valence-electron chi connectivity index (χ2n) is 4.43. The van der Waals surface area contributed by atoms with E-state index >= 15 is 0 Å². The molecular formula is C14H16ClN3. The minimum absolute atomic E-state index is 0.429. The van der Waals surface area contributed by atoms with E-state index in [2.05, 4.69) is 29.1 Å². The molecule has 1 aromatic heterocycles. The molecule has 1 heterocycles. The van der Waals surface area contributed by atoms with Crippen molar-refractivity contribution in [1.82, 2.24) is 15.3 Å². The molecule has 0 aliphatic heterocycles. The molecule has 1 N–H and O–H groups in total. The highest BCUT2D eigenvalue weighted by atomic mass is 35.5. The Balaban J connectivity index is 2.35. The smallest absolute Gasteiger partial charge is 0.0888 e. The summed E-state index contributed by atoms with van der Waals surface area (Å²) in [6, 6.07) is 6.27. The van der Waals surface area contributed by atoms with Crippen LogP contribution in [0.15, 0.2) is 36.8 Å². The lowest BCUT2D eigenvalue weighted by atomic mass is 10.0. The minimum Gasteiger partial charge on any atom is -0.310 e. The fourth-order valence-electron chi connectivity index (χ4n) is 1.71. The lowest BCUT2D eigenvalue weighted by Crippen LogP contribution is -2.22. The van der Waals surface area contributed by atoms with Crippen LogP contribution < -0.4 is 5.32 Å². The van der Waals surface area contributed by atoms with Crippen molar-refractivity contribution in [1.29, 1.82) is 0 Å². The van der Waals surface area contributed by atoms with Gasteiger partial charge in [-0.25, -0.2) is 0 Å². The van der Waals surface area contributed by atoms with Gasteiger partial charge in [0.1, 0.15) is 0 Å². The molecule has 2 rings (SSSR count). The van der Waals surface area contributed by atoms with Crippen molar-refractivity contribution in [2.75, 3.05) is 0 Å². The van der Waals surface area contributed by atoms with E-state index in [1.807, 2.05) is 18.2 Å². The van der Waals surface area contributed by atoms with Gasteiger partial charge < -0.3 is 5.32 Å². The van der Waals surface area contributed by atoms with Crippen molar-refractivity contribution in [2.24, 2.45) is 0 Å². The summed E-state index contributed by atoms with van der Waals surface area (Å²) in [6.07, 6.45) is 5.14. The van der Waals surface area contributed by atoms with E-state index in [0.717, 1.165) is 28.4 Å². The standard InChI is InChI=1S/C14H16ClN3/c1-10(2)18-8-11-7-12(15)3-4-13(11)14-9-16-5-6-17-14/h3-7,9-10,18H,8H2,1-2H3. The zero-order chi connectivity index (χ0) is 13.0. The van der Waals surface area contributed by atoms with Gasteiger partial charge in [-0.15, -0.1) is 0 Å². The Morgan fingerprint density at radius 1 is 1.28 bits per heavy atom. The van der Waals surface area contributed by atoms with Crippen molar-refractivity contribution in [3.63, 3.8) is 0 Å². The first-order chi connectivity index (χ1) is 8.66.